The molecular formula is C16H13ClN2O3S. The van der Waals surface area contributed by atoms with E-state index in [4.69, 9.17) is 16.3 Å². The monoisotopic (exact) mass is 348 g/mol. The lowest BCUT2D eigenvalue weighted by molar-refractivity contribution is -0.122. The number of carbonyl (C=O) groups is 1. The largest absolute Gasteiger partial charge is 0.508 e. The van der Waals surface area contributed by atoms with E-state index in [0.29, 0.717) is 15.9 Å². The number of halogens is 1. The number of hydrogen-bond donors (Lipinski definition) is 2. The lowest BCUT2D eigenvalue weighted by Gasteiger charge is -2.13. The number of ether oxygens (including phenoxy) is 1. The molecule has 5 nitrogen and oxygen atoms in total. The fraction of sp³-hybridized carbons (Fsp3) is 0.125. The van der Waals surface area contributed by atoms with Gasteiger partial charge in [-0.25, -0.2) is 4.98 Å². The molecular weight excluding hydrogens is 336 g/mol. The van der Waals surface area contributed by atoms with Gasteiger partial charge in [-0.05, 0) is 49.4 Å². The number of thiazole rings is 1. The molecule has 0 radical (unpaired) electrons. The van der Waals surface area contributed by atoms with Gasteiger partial charge in [0.15, 0.2) is 11.2 Å². The molecule has 118 valence electrons. The minimum atomic E-state index is -0.699. The lowest BCUT2D eigenvalue weighted by Crippen LogP contribution is -2.30. The van der Waals surface area contributed by atoms with Crippen molar-refractivity contribution < 1.29 is 14.6 Å². The number of phenolic OH excluding ortho intramolecular Hbond substituents is 1. The molecule has 1 aromatic heterocycles. The molecule has 0 aliphatic heterocycles. The Bertz CT molecular complexity index is 848. The Morgan fingerprint density at radius 1 is 1.30 bits per heavy atom. The van der Waals surface area contributed by atoms with Crippen molar-refractivity contribution in [3.8, 4) is 11.5 Å². The number of rotatable bonds is 4. The third-order valence-corrected chi connectivity index (χ3v) is 4.27. The van der Waals surface area contributed by atoms with Crippen LogP contribution in [0.25, 0.3) is 10.2 Å². The number of aromatic nitrogens is 1. The van der Waals surface area contributed by atoms with Crippen molar-refractivity contribution in [2.24, 2.45) is 0 Å². The Kier molecular flexibility index (Phi) is 4.36. The van der Waals surface area contributed by atoms with E-state index in [2.05, 4.69) is 10.3 Å². The molecule has 1 atom stereocenters. The standard InChI is InChI=1S/C16H13ClN2O3S/c1-9(22-12-5-3-11(20)4-6-12)15(21)19-16-18-13-7-2-10(17)8-14(13)23-16/h2-9,20H,1H3,(H,18,19,21)/t9-/m1/s1. The average molecular weight is 349 g/mol. The number of amides is 1. The van der Waals surface area contributed by atoms with Crippen molar-refractivity contribution in [3.05, 3.63) is 47.5 Å². The summed E-state index contributed by atoms with van der Waals surface area (Å²) in [5.74, 6) is 0.340. The zero-order chi connectivity index (χ0) is 16.4. The number of carbonyl (C=O) groups excluding carboxylic acids is 1. The predicted octanol–water partition coefficient (Wildman–Crippen LogP) is 4.06. The number of nitrogens with one attached hydrogen (secondary N) is 1. The van der Waals surface area contributed by atoms with Gasteiger partial charge in [-0.2, -0.15) is 0 Å². The van der Waals surface area contributed by atoms with Crippen LogP contribution in [-0.2, 0) is 4.79 Å². The number of phenols is 1. The quantitative estimate of drug-likeness (QED) is 0.745. The van der Waals surface area contributed by atoms with Gasteiger partial charge in [-0.15, -0.1) is 0 Å². The van der Waals surface area contributed by atoms with Crippen molar-refractivity contribution in [2.75, 3.05) is 5.32 Å². The Labute approximate surface area is 141 Å². The molecule has 0 fully saturated rings. The molecule has 0 saturated heterocycles. The van der Waals surface area contributed by atoms with Gasteiger partial charge in [0.1, 0.15) is 11.5 Å². The molecule has 2 aromatic carbocycles. The maximum absolute atomic E-state index is 12.2. The number of nitrogens with zero attached hydrogens (tertiary/aromatic N) is 1. The summed E-state index contributed by atoms with van der Waals surface area (Å²) in [6, 6.07) is 11.6. The van der Waals surface area contributed by atoms with E-state index in [1.807, 2.05) is 0 Å². The van der Waals surface area contributed by atoms with Crippen LogP contribution in [0.1, 0.15) is 6.92 Å². The van der Waals surface area contributed by atoms with Crippen LogP contribution in [0.15, 0.2) is 42.5 Å². The van der Waals surface area contributed by atoms with Crippen LogP contribution in [0.4, 0.5) is 5.13 Å². The van der Waals surface area contributed by atoms with E-state index < -0.39 is 6.10 Å². The summed E-state index contributed by atoms with van der Waals surface area (Å²) >= 11 is 7.29. The molecule has 3 rings (SSSR count). The summed E-state index contributed by atoms with van der Waals surface area (Å²) in [6.07, 6.45) is -0.699. The van der Waals surface area contributed by atoms with Gasteiger partial charge in [0.25, 0.3) is 5.91 Å². The van der Waals surface area contributed by atoms with Crippen LogP contribution in [0, 0.1) is 0 Å². The van der Waals surface area contributed by atoms with E-state index in [1.54, 1.807) is 37.3 Å². The Morgan fingerprint density at radius 3 is 2.78 bits per heavy atom. The number of anilines is 1. The second kappa shape index (κ2) is 6.44. The van der Waals surface area contributed by atoms with Crippen molar-refractivity contribution in [2.45, 2.75) is 13.0 Å². The van der Waals surface area contributed by atoms with Crippen molar-refractivity contribution in [1.29, 1.82) is 0 Å². The van der Waals surface area contributed by atoms with Gasteiger partial charge >= 0.3 is 0 Å². The molecule has 1 amide bonds. The van der Waals surface area contributed by atoms with Crippen LogP contribution >= 0.6 is 22.9 Å². The second-order valence-electron chi connectivity index (χ2n) is 4.87. The normalized spacial score (nSPS) is 12.1. The highest BCUT2D eigenvalue weighted by atomic mass is 35.5. The van der Waals surface area contributed by atoms with Crippen LogP contribution < -0.4 is 10.1 Å². The molecule has 0 bridgehead atoms. The van der Waals surface area contributed by atoms with Crippen LogP contribution in [0.5, 0.6) is 11.5 Å². The zero-order valence-corrected chi connectivity index (χ0v) is 13.7. The third kappa shape index (κ3) is 3.72. The first-order valence-corrected chi connectivity index (χ1v) is 8.03. The van der Waals surface area contributed by atoms with E-state index >= 15 is 0 Å². The van der Waals surface area contributed by atoms with Crippen LogP contribution in [0.3, 0.4) is 0 Å². The van der Waals surface area contributed by atoms with Gasteiger partial charge in [0.2, 0.25) is 0 Å². The molecule has 0 aliphatic carbocycles. The van der Waals surface area contributed by atoms with Gasteiger partial charge in [-0.1, -0.05) is 22.9 Å². The number of fused-ring (bicyclic) bond motifs is 1. The first kappa shape index (κ1) is 15.6. The highest BCUT2D eigenvalue weighted by Crippen LogP contribution is 2.28. The molecule has 0 spiro atoms. The third-order valence-electron chi connectivity index (χ3n) is 3.10. The van der Waals surface area contributed by atoms with Gasteiger partial charge in [0, 0.05) is 5.02 Å². The zero-order valence-electron chi connectivity index (χ0n) is 12.1. The number of hydrogen-bond acceptors (Lipinski definition) is 5. The highest BCUT2D eigenvalue weighted by molar-refractivity contribution is 7.22. The predicted molar refractivity (Wildman–Crippen MR) is 91.5 cm³/mol. The van der Waals surface area contributed by atoms with Gasteiger partial charge < -0.3 is 9.84 Å². The van der Waals surface area contributed by atoms with Crippen LogP contribution in [0.2, 0.25) is 5.02 Å². The van der Waals surface area contributed by atoms with E-state index in [9.17, 15) is 9.90 Å². The lowest BCUT2D eigenvalue weighted by atomic mass is 10.3. The first-order chi connectivity index (χ1) is 11.0. The van der Waals surface area contributed by atoms with Gasteiger partial charge in [0.05, 0.1) is 10.2 Å². The Morgan fingerprint density at radius 2 is 2.04 bits per heavy atom. The minimum Gasteiger partial charge on any atom is -0.508 e. The fourth-order valence-electron chi connectivity index (χ4n) is 1.94. The summed E-state index contributed by atoms with van der Waals surface area (Å²) in [7, 11) is 0. The number of aromatic hydroxyl groups is 1. The fourth-order valence-corrected chi connectivity index (χ4v) is 3.09. The SMILES string of the molecule is C[C@@H](Oc1ccc(O)cc1)C(=O)Nc1nc2ccc(Cl)cc2s1. The topological polar surface area (TPSA) is 71.5 Å². The Hall–Kier alpha value is -2.31. The maximum atomic E-state index is 12.2. The molecule has 0 unspecified atom stereocenters. The molecule has 0 saturated carbocycles. The van der Waals surface area contributed by atoms with E-state index in [0.717, 1.165) is 10.2 Å². The van der Waals surface area contributed by atoms with Crippen LogP contribution in [-0.4, -0.2) is 22.1 Å². The van der Waals surface area contributed by atoms with Crippen molar-refractivity contribution in [1.82, 2.24) is 4.98 Å². The van der Waals surface area contributed by atoms with E-state index in [1.165, 1.54) is 23.5 Å². The maximum Gasteiger partial charge on any atom is 0.266 e. The summed E-state index contributed by atoms with van der Waals surface area (Å²) < 4.78 is 6.43. The molecule has 2 N–H and O–H groups in total. The van der Waals surface area contributed by atoms with Crippen molar-refractivity contribution in [3.63, 3.8) is 0 Å². The van der Waals surface area contributed by atoms with Gasteiger partial charge in [-0.3, -0.25) is 10.1 Å². The molecule has 0 aliphatic rings. The first-order valence-electron chi connectivity index (χ1n) is 6.84. The summed E-state index contributed by atoms with van der Waals surface area (Å²) in [6.45, 7) is 1.65. The summed E-state index contributed by atoms with van der Waals surface area (Å²) in [5, 5.41) is 13.1. The summed E-state index contributed by atoms with van der Waals surface area (Å²) in [5.41, 5.74) is 0.779. The summed E-state index contributed by atoms with van der Waals surface area (Å²) in [4.78, 5) is 16.5. The number of benzene rings is 2. The Balaban J connectivity index is 1.68. The molecule has 3 aromatic rings. The van der Waals surface area contributed by atoms with E-state index in [-0.39, 0.29) is 11.7 Å². The molecule has 1 heterocycles. The molecule has 23 heavy (non-hydrogen) atoms. The minimum absolute atomic E-state index is 0.141. The van der Waals surface area contributed by atoms with Crippen molar-refractivity contribution >= 4 is 44.2 Å². The average Bonchev–Trinajstić information content (AvgIpc) is 2.90. The highest BCUT2D eigenvalue weighted by Gasteiger charge is 2.17. The smallest absolute Gasteiger partial charge is 0.266 e. The molecule has 7 heteroatoms. The second-order valence-corrected chi connectivity index (χ2v) is 6.34.